The van der Waals surface area contributed by atoms with Crippen LogP contribution in [0.4, 0.5) is 0 Å². The maximum Gasteiger partial charge on any atom is 0.251 e. The lowest BCUT2D eigenvalue weighted by molar-refractivity contribution is 0.198. The first-order valence-electron chi connectivity index (χ1n) is 9.58. The van der Waals surface area contributed by atoms with Crippen molar-refractivity contribution < 1.29 is 0 Å². The van der Waals surface area contributed by atoms with Crippen molar-refractivity contribution in [3.8, 4) is 11.4 Å². The van der Waals surface area contributed by atoms with E-state index in [-0.39, 0.29) is 11.5 Å². The zero-order valence-electron chi connectivity index (χ0n) is 16.0. The summed E-state index contributed by atoms with van der Waals surface area (Å²) in [7, 11) is 0. The second-order valence-corrected chi connectivity index (χ2v) is 8.06. The Morgan fingerprint density at radius 1 is 1.18 bits per heavy atom. The fourth-order valence-corrected chi connectivity index (χ4v) is 4.17. The van der Waals surface area contributed by atoms with E-state index < -0.39 is 0 Å². The number of aromatic amines is 1. The third kappa shape index (κ3) is 4.51. The van der Waals surface area contributed by atoms with E-state index in [1.807, 2.05) is 12.1 Å². The molecule has 3 heterocycles. The van der Waals surface area contributed by atoms with E-state index in [9.17, 15) is 4.79 Å². The number of piperidine rings is 1. The summed E-state index contributed by atoms with van der Waals surface area (Å²) in [5, 5.41) is 0. The summed E-state index contributed by atoms with van der Waals surface area (Å²) in [5.74, 6) is 0.900. The van der Waals surface area contributed by atoms with Crippen molar-refractivity contribution >= 4 is 11.8 Å². The molecule has 144 valence electrons. The summed E-state index contributed by atoms with van der Waals surface area (Å²) < 4.78 is 0. The van der Waals surface area contributed by atoms with Crippen molar-refractivity contribution in [2.24, 2.45) is 0 Å². The topological polar surface area (TPSA) is 61.9 Å². The minimum absolute atomic E-state index is 0.0957. The van der Waals surface area contributed by atoms with Crippen LogP contribution in [0.2, 0.25) is 0 Å². The molecule has 2 aromatic heterocycles. The van der Waals surface area contributed by atoms with E-state index in [2.05, 4.69) is 45.4 Å². The van der Waals surface area contributed by atoms with Gasteiger partial charge in [-0.25, -0.2) is 4.98 Å². The average molecular weight is 393 g/mol. The largest absolute Gasteiger partial charge is 0.307 e. The molecule has 1 saturated heterocycles. The van der Waals surface area contributed by atoms with Crippen LogP contribution in [-0.2, 0) is 6.54 Å². The van der Waals surface area contributed by atoms with Gasteiger partial charge < -0.3 is 4.98 Å². The van der Waals surface area contributed by atoms with Crippen LogP contribution in [0.25, 0.3) is 11.4 Å². The van der Waals surface area contributed by atoms with E-state index in [0.717, 1.165) is 43.7 Å². The minimum Gasteiger partial charge on any atom is -0.307 e. The van der Waals surface area contributed by atoms with Crippen LogP contribution in [0.3, 0.4) is 0 Å². The second kappa shape index (κ2) is 8.71. The Labute approximate surface area is 169 Å². The number of hydrogen-bond acceptors (Lipinski definition) is 5. The molecule has 1 fully saturated rings. The van der Waals surface area contributed by atoms with Gasteiger partial charge in [0, 0.05) is 47.9 Å². The molecule has 1 N–H and O–H groups in total. The highest BCUT2D eigenvalue weighted by Gasteiger charge is 2.23. The number of aromatic nitrogens is 3. The molecule has 4 rings (SSSR count). The van der Waals surface area contributed by atoms with E-state index in [4.69, 9.17) is 4.98 Å². The molecule has 1 aromatic carbocycles. The molecule has 0 aliphatic carbocycles. The molecule has 0 saturated carbocycles. The van der Waals surface area contributed by atoms with E-state index in [1.165, 1.54) is 10.5 Å². The third-order valence-electron chi connectivity index (χ3n) is 5.20. The number of thioether (sulfide) groups is 1. The van der Waals surface area contributed by atoms with Gasteiger partial charge in [0.1, 0.15) is 5.82 Å². The minimum atomic E-state index is -0.0957. The molecule has 6 heteroatoms. The number of likely N-dealkylation sites (tertiary alicyclic amines) is 1. The Kier molecular flexibility index (Phi) is 5.88. The molecule has 0 spiro atoms. The van der Waals surface area contributed by atoms with Crippen molar-refractivity contribution in [2.45, 2.75) is 30.2 Å². The molecule has 0 amide bonds. The first kappa shape index (κ1) is 18.9. The number of nitrogens with zero attached hydrogens (tertiary/aromatic N) is 3. The van der Waals surface area contributed by atoms with Crippen LogP contribution >= 0.6 is 11.8 Å². The fraction of sp³-hybridized carbons (Fsp3) is 0.318. The van der Waals surface area contributed by atoms with Crippen LogP contribution in [0.1, 0.15) is 30.0 Å². The average Bonchev–Trinajstić information content (AvgIpc) is 2.75. The molecule has 1 aliphatic heterocycles. The van der Waals surface area contributed by atoms with E-state index in [0.29, 0.717) is 5.82 Å². The molecule has 1 unspecified atom stereocenters. The molecular weight excluding hydrogens is 368 g/mol. The van der Waals surface area contributed by atoms with Crippen molar-refractivity contribution in [1.82, 2.24) is 19.9 Å². The van der Waals surface area contributed by atoms with E-state index in [1.54, 1.807) is 30.2 Å². The SMILES string of the molecule is CSc1ccc(CN2CCCC(c3cc(=O)[nH]c(-c4ccncc4)n3)C2)cc1. The maximum atomic E-state index is 12.2. The van der Waals surface area contributed by atoms with Gasteiger partial charge in [-0.1, -0.05) is 12.1 Å². The van der Waals surface area contributed by atoms with Crippen LogP contribution in [0.15, 0.2) is 64.5 Å². The van der Waals surface area contributed by atoms with Crippen LogP contribution in [0.5, 0.6) is 0 Å². The summed E-state index contributed by atoms with van der Waals surface area (Å²) in [5.41, 5.74) is 3.00. The Balaban J connectivity index is 1.51. The van der Waals surface area contributed by atoms with Gasteiger partial charge in [0.05, 0.1) is 5.69 Å². The summed E-state index contributed by atoms with van der Waals surface area (Å²) in [6.07, 6.45) is 7.71. The lowest BCUT2D eigenvalue weighted by Gasteiger charge is -2.32. The lowest BCUT2D eigenvalue weighted by Crippen LogP contribution is -2.34. The summed E-state index contributed by atoms with van der Waals surface area (Å²) >= 11 is 1.76. The van der Waals surface area contributed by atoms with Gasteiger partial charge in [0.25, 0.3) is 5.56 Å². The van der Waals surface area contributed by atoms with Gasteiger partial charge in [-0.05, 0) is 55.5 Å². The van der Waals surface area contributed by atoms with Gasteiger partial charge >= 0.3 is 0 Å². The van der Waals surface area contributed by atoms with Crippen molar-refractivity contribution in [3.05, 3.63) is 76.5 Å². The molecular formula is C22H24N4OS. The molecule has 28 heavy (non-hydrogen) atoms. The monoisotopic (exact) mass is 392 g/mol. The highest BCUT2D eigenvalue weighted by Crippen LogP contribution is 2.27. The van der Waals surface area contributed by atoms with Crippen LogP contribution < -0.4 is 5.56 Å². The number of H-pyrrole nitrogens is 1. The number of rotatable bonds is 5. The normalized spacial score (nSPS) is 17.5. The standard InChI is InChI=1S/C22H24N4OS/c1-28-19-6-4-16(5-7-19)14-26-12-2-3-18(15-26)20-13-21(27)25-22(24-20)17-8-10-23-11-9-17/h4-11,13,18H,2-3,12,14-15H2,1H3,(H,24,25,27). The van der Waals surface area contributed by atoms with Gasteiger partial charge in [-0.3, -0.25) is 14.7 Å². The highest BCUT2D eigenvalue weighted by atomic mass is 32.2. The number of pyridine rings is 1. The van der Waals surface area contributed by atoms with Crippen LogP contribution in [0, 0.1) is 0 Å². The summed E-state index contributed by atoms with van der Waals surface area (Å²) in [6, 6.07) is 14.2. The quantitative estimate of drug-likeness (QED) is 0.667. The maximum absolute atomic E-state index is 12.2. The number of benzene rings is 1. The first-order valence-corrected chi connectivity index (χ1v) is 10.8. The van der Waals surface area contributed by atoms with Gasteiger partial charge in [-0.2, -0.15) is 0 Å². The molecule has 5 nitrogen and oxygen atoms in total. The van der Waals surface area contributed by atoms with Crippen LogP contribution in [-0.4, -0.2) is 39.2 Å². The molecule has 0 radical (unpaired) electrons. The number of nitrogens with one attached hydrogen (secondary N) is 1. The van der Waals surface area contributed by atoms with E-state index >= 15 is 0 Å². The second-order valence-electron chi connectivity index (χ2n) is 7.18. The third-order valence-corrected chi connectivity index (χ3v) is 5.95. The van der Waals surface area contributed by atoms with Gasteiger partial charge in [0.2, 0.25) is 0 Å². The zero-order chi connectivity index (χ0) is 19.3. The number of hydrogen-bond donors (Lipinski definition) is 1. The fourth-order valence-electron chi connectivity index (χ4n) is 3.76. The Morgan fingerprint density at radius 3 is 2.71 bits per heavy atom. The molecule has 1 aliphatic rings. The van der Waals surface area contributed by atoms with Crippen molar-refractivity contribution in [3.63, 3.8) is 0 Å². The Hall–Kier alpha value is -2.44. The Bertz CT molecular complexity index is 972. The van der Waals surface area contributed by atoms with Crippen molar-refractivity contribution in [2.75, 3.05) is 19.3 Å². The smallest absolute Gasteiger partial charge is 0.251 e. The van der Waals surface area contributed by atoms with Gasteiger partial charge in [-0.15, -0.1) is 11.8 Å². The highest BCUT2D eigenvalue weighted by molar-refractivity contribution is 7.98. The molecule has 0 bridgehead atoms. The zero-order valence-corrected chi connectivity index (χ0v) is 16.8. The molecule has 1 atom stereocenters. The van der Waals surface area contributed by atoms with Gasteiger partial charge in [0.15, 0.2) is 0 Å². The van der Waals surface area contributed by atoms with Crippen molar-refractivity contribution in [1.29, 1.82) is 0 Å². The summed E-state index contributed by atoms with van der Waals surface area (Å²) in [6.45, 7) is 2.95. The summed E-state index contributed by atoms with van der Waals surface area (Å²) in [4.78, 5) is 27.7. The predicted octanol–water partition coefficient (Wildman–Crippen LogP) is 3.93. The first-order chi connectivity index (χ1) is 13.7. The molecule has 3 aromatic rings. The predicted molar refractivity (Wildman–Crippen MR) is 114 cm³/mol. The Morgan fingerprint density at radius 2 is 1.96 bits per heavy atom. The lowest BCUT2D eigenvalue weighted by atomic mass is 9.94.